The van der Waals surface area contributed by atoms with Crippen molar-refractivity contribution in [2.75, 3.05) is 13.7 Å². The Morgan fingerprint density at radius 2 is 2.46 bits per heavy atom. The molecule has 5 nitrogen and oxygen atoms in total. The van der Waals surface area contributed by atoms with Crippen molar-refractivity contribution in [3.8, 4) is 0 Å². The summed E-state index contributed by atoms with van der Waals surface area (Å²) in [5.41, 5.74) is -0.531. The molecule has 2 N–H and O–H groups in total. The number of likely N-dealkylation sites (N-methyl/N-ethyl adjacent to an activating group) is 1. The van der Waals surface area contributed by atoms with Crippen LogP contribution >= 0.6 is 0 Å². The first kappa shape index (κ1) is 8.50. The molecule has 13 heavy (non-hydrogen) atoms. The lowest BCUT2D eigenvalue weighted by atomic mass is 9.90. The van der Waals surface area contributed by atoms with E-state index in [-0.39, 0.29) is 18.0 Å². The van der Waals surface area contributed by atoms with Crippen LogP contribution in [0.5, 0.6) is 0 Å². The van der Waals surface area contributed by atoms with Crippen molar-refractivity contribution in [2.45, 2.75) is 25.0 Å². The number of rotatable bonds is 0. The summed E-state index contributed by atoms with van der Waals surface area (Å²) in [6.45, 7) is 2.52. The molecule has 2 heterocycles. The zero-order valence-electron chi connectivity index (χ0n) is 7.76. The predicted molar refractivity (Wildman–Crippen MR) is 46.8 cm³/mol. The van der Waals surface area contributed by atoms with Crippen molar-refractivity contribution in [1.29, 1.82) is 5.41 Å². The van der Waals surface area contributed by atoms with Gasteiger partial charge < -0.3 is 9.64 Å². The molecule has 0 aromatic heterocycles. The van der Waals surface area contributed by atoms with E-state index in [0.29, 0.717) is 13.0 Å². The monoisotopic (exact) mass is 183 g/mol. The van der Waals surface area contributed by atoms with E-state index in [9.17, 15) is 4.79 Å². The third kappa shape index (κ3) is 0.848. The number of hydrogen-bond acceptors (Lipinski definition) is 3. The third-order valence-electron chi connectivity index (χ3n) is 3.09. The van der Waals surface area contributed by atoms with Gasteiger partial charge in [0.15, 0.2) is 0 Å². The van der Waals surface area contributed by atoms with Crippen molar-refractivity contribution in [1.82, 2.24) is 10.2 Å². The van der Waals surface area contributed by atoms with Gasteiger partial charge in [0.05, 0.1) is 6.10 Å². The zero-order chi connectivity index (χ0) is 9.64. The summed E-state index contributed by atoms with van der Waals surface area (Å²) < 4.78 is 5.40. The molecule has 0 bridgehead atoms. The van der Waals surface area contributed by atoms with Gasteiger partial charge in [-0.05, 0) is 6.92 Å². The SMILES string of the molecule is CC1OCCC12C(=N)NC(=O)N2C. The largest absolute Gasteiger partial charge is 0.375 e. The fourth-order valence-electron chi connectivity index (χ4n) is 2.15. The number of carbonyl (C=O) groups is 1. The average Bonchev–Trinajstić information content (AvgIpc) is 2.54. The summed E-state index contributed by atoms with van der Waals surface area (Å²) in [6.07, 6.45) is 0.617. The molecule has 0 aromatic rings. The number of urea groups is 1. The summed E-state index contributed by atoms with van der Waals surface area (Å²) >= 11 is 0. The first-order chi connectivity index (χ1) is 6.09. The number of amidine groups is 1. The van der Waals surface area contributed by atoms with Crippen LogP contribution in [0.3, 0.4) is 0 Å². The number of hydrogen-bond donors (Lipinski definition) is 2. The molecule has 1 spiro atoms. The van der Waals surface area contributed by atoms with Gasteiger partial charge in [0.1, 0.15) is 11.4 Å². The maximum Gasteiger partial charge on any atom is 0.323 e. The lowest BCUT2D eigenvalue weighted by Crippen LogP contribution is -2.52. The molecule has 2 amide bonds. The maximum absolute atomic E-state index is 11.3. The minimum absolute atomic E-state index is 0.0936. The number of ether oxygens (including phenoxy) is 1. The zero-order valence-corrected chi connectivity index (χ0v) is 7.76. The normalized spacial score (nSPS) is 38.9. The third-order valence-corrected chi connectivity index (χ3v) is 3.09. The summed E-state index contributed by atoms with van der Waals surface area (Å²) in [7, 11) is 1.71. The van der Waals surface area contributed by atoms with Crippen molar-refractivity contribution in [3.05, 3.63) is 0 Å². The Morgan fingerprint density at radius 3 is 2.85 bits per heavy atom. The fraction of sp³-hybridized carbons (Fsp3) is 0.750. The lowest BCUT2D eigenvalue weighted by Gasteiger charge is -2.32. The molecule has 2 aliphatic rings. The highest BCUT2D eigenvalue weighted by molar-refractivity contribution is 6.08. The van der Waals surface area contributed by atoms with Gasteiger partial charge in [0, 0.05) is 20.1 Å². The fourth-order valence-corrected chi connectivity index (χ4v) is 2.15. The minimum atomic E-state index is -0.531. The second-order valence-electron chi connectivity index (χ2n) is 3.55. The quantitative estimate of drug-likeness (QED) is 0.562. The van der Waals surface area contributed by atoms with Gasteiger partial charge in [-0.2, -0.15) is 0 Å². The van der Waals surface area contributed by atoms with Crippen LogP contribution in [0.15, 0.2) is 0 Å². The second kappa shape index (κ2) is 2.45. The standard InChI is InChI=1S/C8H13N3O2/c1-5-8(3-4-13-5)6(9)10-7(12)11(8)2/h5H,3-4H2,1-2H3,(H2,9,10,12). The van der Waals surface area contributed by atoms with E-state index < -0.39 is 5.54 Å². The van der Waals surface area contributed by atoms with E-state index in [1.54, 1.807) is 11.9 Å². The topological polar surface area (TPSA) is 65.4 Å². The van der Waals surface area contributed by atoms with E-state index in [4.69, 9.17) is 10.1 Å². The highest BCUT2D eigenvalue weighted by atomic mass is 16.5. The molecule has 0 radical (unpaired) electrons. The lowest BCUT2D eigenvalue weighted by molar-refractivity contribution is 0.0781. The van der Waals surface area contributed by atoms with Gasteiger partial charge in [-0.3, -0.25) is 10.7 Å². The van der Waals surface area contributed by atoms with Crippen LogP contribution < -0.4 is 5.32 Å². The predicted octanol–water partition coefficient (Wildman–Crippen LogP) is 0.166. The average molecular weight is 183 g/mol. The Hall–Kier alpha value is -1.10. The Labute approximate surface area is 76.6 Å². The van der Waals surface area contributed by atoms with Gasteiger partial charge in [-0.15, -0.1) is 0 Å². The summed E-state index contributed by atoms with van der Waals surface area (Å²) in [6, 6.07) is -0.206. The molecule has 0 aliphatic carbocycles. The van der Waals surface area contributed by atoms with E-state index in [0.717, 1.165) is 0 Å². The van der Waals surface area contributed by atoms with Crippen molar-refractivity contribution in [3.63, 3.8) is 0 Å². The molecule has 2 atom stereocenters. The van der Waals surface area contributed by atoms with Gasteiger partial charge in [0.25, 0.3) is 0 Å². The van der Waals surface area contributed by atoms with Crippen LogP contribution in [0.25, 0.3) is 0 Å². The van der Waals surface area contributed by atoms with Crippen LogP contribution in [0, 0.1) is 5.41 Å². The molecule has 5 heteroatoms. The maximum atomic E-state index is 11.3. The molecule has 2 fully saturated rings. The number of amides is 2. The second-order valence-corrected chi connectivity index (χ2v) is 3.55. The van der Waals surface area contributed by atoms with Crippen LogP contribution in [0.1, 0.15) is 13.3 Å². The number of nitrogens with zero attached hydrogens (tertiary/aromatic N) is 1. The first-order valence-corrected chi connectivity index (χ1v) is 4.34. The van der Waals surface area contributed by atoms with Gasteiger partial charge in [-0.25, -0.2) is 4.79 Å². The minimum Gasteiger partial charge on any atom is -0.375 e. The summed E-state index contributed by atoms with van der Waals surface area (Å²) in [4.78, 5) is 12.9. The van der Waals surface area contributed by atoms with E-state index in [2.05, 4.69) is 5.32 Å². The van der Waals surface area contributed by atoms with Gasteiger partial charge >= 0.3 is 6.03 Å². The van der Waals surface area contributed by atoms with Crippen molar-refractivity contribution < 1.29 is 9.53 Å². The van der Waals surface area contributed by atoms with Crippen LogP contribution in [-0.4, -0.2) is 42.1 Å². The highest BCUT2D eigenvalue weighted by Crippen LogP contribution is 2.34. The van der Waals surface area contributed by atoms with Crippen molar-refractivity contribution in [2.24, 2.45) is 0 Å². The van der Waals surface area contributed by atoms with E-state index >= 15 is 0 Å². The molecule has 2 rings (SSSR count). The molecule has 2 unspecified atom stereocenters. The molecular formula is C8H13N3O2. The molecule has 0 aromatic carbocycles. The van der Waals surface area contributed by atoms with Crippen LogP contribution in [0.2, 0.25) is 0 Å². The molecule has 0 saturated carbocycles. The van der Waals surface area contributed by atoms with E-state index in [1.807, 2.05) is 6.92 Å². The number of carbonyl (C=O) groups excluding carboxylic acids is 1. The van der Waals surface area contributed by atoms with Crippen LogP contribution in [-0.2, 0) is 4.74 Å². The molecule has 2 saturated heterocycles. The Balaban J connectivity index is 2.40. The molecule has 72 valence electrons. The molecule has 2 aliphatic heterocycles. The number of nitrogens with one attached hydrogen (secondary N) is 2. The Bertz CT molecular complexity index is 279. The summed E-state index contributed by atoms with van der Waals surface area (Å²) in [5.74, 6) is 0.269. The summed E-state index contributed by atoms with van der Waals surface area (Å²) in [5, 5.41) is 10.3. The Kier molecular flexibility index (Phi) is 1.60. The molecular weight excluding hydrogens is 170 g/mol. The Morgan fingerprint density at radius 1 is 1.77 bits per heavy atom. The van der Waals surface area contributed by atoms with Gasteiger partial charge in [-0.1, -0.05) is 0 Å². The first-order valence-electron chi connectivity index (χ1n) is 4.34. The van der Waals surface area contributed by atoms with Gasteiger partial charge in [0.2, 0.25) is 0 Å². The smallest absolute Gasteiger partial charge is 0.323 e. The van der Waals surface area contributed by atoms with Crippen molar-refractivity contribution >= 4 is 11.9 Å². The van der Waals surface area contributed by atoms with Crippen LogP contribution in [0.4, 0.5) is 4.79 Å². The highest BCUT2D eigenvalue weighted by Gasteiger charge is 2.55. The van der Waals surface area contributed by atoms with E-state index in [1.165, 1.54) is 0 Å².